The summed E-state index contributed by atoms with van der Waals surface area (Å²) in [5, 5.41) is 9.09. The van der Waals surface area contributed by atoms with Gasteiger partial charge < -0.3 is 9.84 Å². The van der Waals surface area contributed by atoms with E-state index in [1.165, 1.54) is 0 Å². The third-order valence-electron chi connectivity index (χ3n) is 2.43. The normalized spacial score (nSPS) is 12.4. The van der Waals surface area contributed by atoms with Crippen LogP contribution in [0, 0.1) is 11.3 Å². The van der Waals surface area contributed by atoms with E-state index in [0.717, 1.165) is 13.1 Å². The Morgan fingerprint density at radius 3 is 2.38 bits per heavy atom. The highest BCUT2D eigenvalue weighted by Crippen LogP contribution is 2.17. The molecule has 0 saturated heterocycles. The number of methoxy groups -OCH3 is 1. The Bertz CT molecular complexity index is 214. The van der Waals surface area contributed by atoms with E-state index in [4.69, 9.17) is 9.84 Å². The lowest BCUT2D eigenvalue weighted by atomic mass is 9.92. The van der Waals surface area contributed by atoms with Gasteiger partial charge in [-0.2, -0.15) is 0 Å². The van der Waals surface area contributed by atoms with Crippen molar-refractivity contribution >= 4 is 5.97 Å². The first-order chi connectivity index (χ1) is 7.29. The van der Waals surface area contributed by atoms with E-state index < -0.39 is 11.4 Å². The van der Waals surface area contributed by atoms with Gasteiger partial charge in [-0.1, -0.05) is 13.8 Å². The SMILES string of the molecule is COCCN(CC(C)C)CC(C)(C)C(=O)O. The van der Waals surface area contributed by atoms with Crippen LogP contribution in [0.5, 0.6) is 0 Å². The van der Waals surface area contributed by atoms with Gasteiger partial charge in [0.1, 0.15) is 0 Å². The number of ether oxygens (including phenoxy) is 1. The molecule has 0 bridgehead atoms. The fraction of sp³-hybridized carbons (Fsp3) is 0.917. The smallest absolute Gasteiger partial charge is 0.310 e. The summed E-state index contributed by atoms with van der Waals surface area (Å²) in [6, 6.07) is 0. The number of carbonyl (C=O) groups is 1. The van der Waals surface area contributed by atoms with Gasteiger partial charge in [0, 0.05) is 26.7 Å². The van der Waals surface area contributed by atoms with Crippen molar-refractivity contribution < 1.29 is 14.6 Å². The van der Waals surface area contributed by atoms with E-state index >= 15 is 0 Å². The van der Waals surface area contributed by atoms with Crippen molar-refractivity contribution in [2.24, 2.45) is 11.3 Å². The second-order valence-corrected chi connectivity index (χ2v) is 5.31. The molecule has 0 fully saturated rings. The van der Waals surface area contributed by atoms with Crippen LogP contribution < -0.4 is 0 Å². The second kappa shape index (κ2) is 6.86. The minimum absolute atomic E-state index is 0.529. The number of hydrogen-bond acceptors (Lipinski definition) is 3. The highest BCUT2D eigenvalue weighted by molar-refractivity contribution is 5.73. The van der Waals surface area contributed by atoms with Gasteiger partial charge in [-0.15, -0.1) is 0 Å². The Morgan fingerprint density at radius 1 is 1.44 bits per heavy atom. The minimum Gasteiger partial charge on any atom is -0.481 e. The highest BCUT2D eigenvalue weighted by atomic mass is 16.5. The summed E-state index contributed by atoms with van der Waals surface area (Å²) in [6.07, 6.45) is 0. The Morgan fingerprint density at radius 2 is 2.00 bits per heavy atom. The summed E-state index contributed by atoms with van der Waals surface area (Å²) in [4.78, 5) is 13.2. The van der Waals surface area contributed by atoms with Gasteiger partial charge in [0.25, 0.3) is 0 Å². The van der Waals surface area contributed by atoms with Crippen molar-refractivity contribution in [2.75, 3.05) is 33.4 Å². The molecule has 0 aromatic carbocycles. The average molecular weight is 231 g/mol. The Labute approximate surface area is 98.6 Å². The van der Waals surface area contributed by atoms with E-state index in [9.17, 15) is 4.79 Å². The summed E-state index contributed by atoms with van der Waals surface area (Å²) >= 11 is 0. The number of nitrogens with zero attached hydrogens (tertiary/aromatic N) is 1. The summed E-state index contributed by atoms with van der Waals surface area (Å²) < 4.78 is 5.04. The standard InChI is InChI=1S/C12H25NO3/c1-10(2)8-13(6-7-16-5)9-12(3,4)11(14)15/h10H,6-9H2,1-5H3,(H,14,15). The topological polar surface area (TPSA) is 49.8 Å². The number of carboxylic acids is 1. The monoisotopic (exact) mass is 231 g/mol. The van der Waals surface area contributed by atoms with Gasteiger partial charge in [0.2, 0.25) is 0 Å². The van der Waals surface area contributed by atoms with Crippen LogP contribution in [-0.2, 0) is 9.53 Å². The first-order valence-corrected chi connectivity index (χ1v) is 5.74. The van der Waals surface area contributed by atoms with Crippen molar-refractivity contribution in [3.8, 4) is 0 Å². The van der Waals surface area contributed by atoms with Crippen molar-refractivity contribution in [1.29, 1.82) is 0 Å². The predicted octanol–water partition coefficient (Wildman–Crippen LogP) is 1.70. The maximum Gasteiger partial charge on any atom is 0.310 e. The number of hydrogen-bond donors (Lipinski definition) is 1. The number of rotatable bonds is 8. The molecular weight excluding hydrogens is 206 g/mol. The summed E-state index contributed by atoms with van der Waals surface area (Å²) in [5.41, 5.74) is -0.706. The maximum absolute atomic E-state index is 11.1. The highest BCUT2D eigenvalue weighted by Gasteiger charge is 2.29. The van der Waals surface area contributed by atoms with Crippen LogP contribution >= 0.6 is 0 Å². The predicted molar refractivity (Wildman–Crippen MR) is 64.6 cm³/mol. The molecule has 96 valence electrons. The average Bonchev–Trinajstić information content (AvgIpc) is 2.12. The fourth-order valence-corrected chi connectivity index (χ4v) is 1.60. The molecule has 0 aliphatic carbocycles. The summed E-state index contributed by atoms with van der Waals surface area (Å²) in [6.45, 7) is 10.7. The molecule has 0 heterocycles. The van der Waals surface area contributed by atoms with Crippen molar-refractivity contribution in [3.05, 3.63) is 0 Å². The zero-order valence-electron chi connectivity index (χ0n) is 11.1. The van der Waals surface area contributed by atoms with Crippen molar-refractivity contribution in [1.82, 2.24) is 4.90 Å². The first kappa shape index (κ1) is 15.4. The summed E-state index contributed by atoms with van der Waals surface area (Å²) in [5.74, 6) is -0.222. The quantitative estimate of drug-likeness (QED) is 0.691. The van der Waals surface area contributed by atoms with E-state index in [1.807, 2.05) is 0 Å². The lowest BCUT2D eigenvalue weighted by molar-refractivity contribution is -0.148. The molecule has 1 N–H and O–H groups in total. The van der Waals surface area contributed by atoms with Crippen LogP contribution in [0.2, 0.25) is 0 Å². The molecule has 0 rings (SSSR count). The molecule has 0 aromatic rings. The second-order valence-electron chi connectivity index (χ2n) is 5.31. The molecule has 0 atom stereocenters. The lowest BCUT2D eigenvalue weighted by Gasteiger charge is -2.30. The minimum atomic E-state index is -0.751. The Kier molecular flexibility index (Phi) is 6.60. The molecule has 16 heavy (non-hydrogen) atoms. The van der Waals surface area contributed by atoms with Gasteiger partial charge in [-0.3, -0.25) is 9.69 Å². The molecule has 4 nitrogen and oxygen atoms in total. The molecule has 0 spiro atoms. The van der Waals surface area contributed by atoms with E-state index in [0.29, 0.717) is 19.1 Å². The molecule has 4 heteroatoms. The maximum atomic E-state index is 11.1. The largest absolute Gasteiger partial charge is 0.481 e. The molecule has 0 saturated carbocycles. The molecule has 0 aromatic heterocycles. The third-order valence-corrected chi connectivity index (χ3v) is 2.43. The van der Waals surface area contributed by atoms with Crippen molar-refractivity contribution in [2.45, 2.75) is 27.7 Å². The van der Waals surface area contributed by atoms with Gasteiger partial charge in [-0.05, 0) is 19.8 Å². The number of carboxylic acid groups (broad SMARTS) is 1. The van der Waals surface area contributed by atoms with Gasteiger partial charge in [0.05, 0.1) is 12.0 Å². The van der Waals surface area contributed by atoms with Gasteiger partial charge in [-0.25, -0.2) is 0 Å². The van der Waals surface area contributed by atoms with Crippen LogP contribution in [0.15, 0.2) is 0 Å². The molecule has 0 radical (unpaired) electrons. The third kappa shape index (κ3) is 6.08. The van der Waals surface area contributed by atoms with Crippen LogP contribution in [-0.4, -0.2) is 49.3 Å². The Hall–Kier alpha value is -0.610. The zero-order valence-corrected chi connectivity index (χ0v) is 11.1. The van der Waals surface area contributed by atoms with Gasteiger partial charge >= 0.3 is 5.97 Å². The van der Waals surface area contributed by atoms with Crippen LogP contribution in [0.1, 0.15) is 27.7 Å². The Balaban J connectivity index is 4.34. The molecule has 0 aliphatic heterocycles. The zero-order chi connectivity index (χ0) is 12.8. The lowest BCUT2D eigenvalue weighted by Crippen LogP contribution is -2.42. The molecule has 0 amide bonds. The molecule has 0 unspecified atom stereocenters. The first-order valence-electron chi connectivity index (χ1n) is 5.74. The van der Waals surface area contributed by atoms with Gasteiger partial charge in [0.15, 0.2) is 0 Å². The summed E-state index contributed by atoms with van der Waals surface area (Å²) in [7, 11) is 1.66. The fourth-order valence-electron chi connectivity index (χ4n) is 1.60. The molecular formula is C12H25NO3. The van der Waals surface area contributed by atoms with Crippen molar-refractivity contribution in [3.63, 3.8) is 0 Å². The number of aliphatic carboxylic acids is 1. The van der Waals surface area contributed by atoms with Crippen LogP contribution in [0.25, 0.3) is 0 Å². The van der Waals surface area contributed by atoms with E-state index in [2.05, 4.69) is 18.7 Å². The molecule has 0 aliphatic rings. The van der Waals surface area contributed by atoms with Crippen LogP contribution in [0.4, 0.5) is 0 Å². The van der Waals surface area contributed by atoms with E-state index in [-0.39, 0.29) is 0 Å². The van der Waals surface area contributed by atoms with E-state index in [1.54, 1.807) is 21.0 Å². The van der Waals surface area contributed by atoms with Crippen LogP contribution in [0.3, 0.4) is 0 Å².